The van der Waals surface area contributed by atoms with Crippen LogP contribution in [0.4, 0.5) is 0 Å². The van der Waals surface area contributed by atoms with Crippen molar-refractivity contribution in [3.8, 4) is 17.3 Å². The lowest BCUT2D eigenvalue weighted by Gasteiger charge is -2.19. The van der Waals surface area contributed by atoms with Gasteiger partial charge in [0.05, 0.1) is 0 Å². The fourth-order valence-electron chi connectivity index (χ4n) is 3.16. The average Bonchev–Trinajstić information content (AvgIpc) is 3.39. The number of furan rings is 1. The number of hydrogen-bond acceptors (Lipinski definition) is 6. The van der Waals surface area contributed by atoms with Gasteiger partial charge in [0.15, 0.2) is 10.8 Å². The van der Waals surface area contributed by atoms with Gasteiger partial charge in [-0.25, -0.2) is 0 Å². The zero-order chi connectivity index (χ0) is 20.0. The Morgan fingerprint density at radius 1 is 1.03 bits per heavy atom. The van der Waals surface area contributed by atoms with Crippen LogP contribution in [-0.4, -0.2) is 19.8 Å². The van der Waals surface area contributed by atoms with Crippen LogP contribution in [0.2, 0.25) is 0 Å². The molecule has 0 unspecified atom stereocenters. The number of hydrogen-bond donors (Lipinski definition) is 0. The van der Waals surface area contributed by atoms with E-state index in [1.807, 2.05) is 42.5 Å². The number of aromatic nitrogens is 4. The molecule has 3 heterocycles. The molecule has 29 heavy (non-hydrogen) atoms. The lowest BCUT2D eigenvalue weighted by atomic mass is 9.87. The minimum absolute atomic E-state index is 0.124. The molecule has 0 atom stereocenters. The summed E-state index contributed by atoms with van der Waals surface area (Å²) in [6.07, 6.45) is 0. The van der Waals surface area contributed by atoms with Gasteiger partial charge in [-0.3, -0.25) is 0 Å². The van der Waals surface area contributed by atoms with Crippen LogP contribution in [0.3, 0.4) is 0 Å². The first-order chi connectivity index (χ1) is 14.0. The zero-order valence-electron chi connectivity index (χ0n) is 16.4. The van der Waals surface area contributed by atoms with Crippen LogP contribution in [0.1, 0.15) is 31.3 Å². The van der Waals surface area contributed by atoms with Crippen molar-refractivity contribution in [2.75, 3.05) is 0 Å². The van der Waals surface area contributed by atoms with Gasteiger partial charge >= 0.3 is 0 Å². The zero-order valence-corrected chi connectivity index (χ0v) is 17.2. The molecule has 0 radical (unpaired) electrons. The maximum Gasteiger partial charge on any atom is 0.235 e. The lowest BCUT2D eigenvalue weighted by molar-refractivity contribution is 0.304. The molecule has 0 aliphatic heterocycles. The molecular weight excluding hydrogens is 384 g/mol. The van der Waals surface area contributed by atoms with E-state index in [1.54, 1.807) is 4.52 Å². The summed E-state index contributed by atoms with van der Waals surface area (Å²) in [4.78, 5) is 0.710. The van der Waals surface area contributed by atoms with E-state index in [0.717, 1.165) is 21.7 Å². The Balaban J connectivity index is 1.37. The van der Waals surface area contributed by atoms with E-state index in [2.05, 4.69) is 48.2 Å². The van der Waals surface area contributed by atoms with Crippen LogP contribution in [0.5, 0.6) is 5.75 Å². The summed E-state index contributed by atoms with van der Waals surface area (Å²) in [5.74, 6) is 2.06. The molecule has 0 aliphatic carbocycles. The first-order valence-corrected chi connectivity index (χ1v) is 10.2. The van der Waals surface area contributed by atoms with Crippen molar-refractivity contribution in [1.29, 1.82) is 0 Å². The number of benzene rings is 2. The summed E-state index contributed by atoms with van der Waals surface area (Å²) in [5, 5.41) is 14.9. The standard InChI is InChI=1S/C22H20N4O2S/c1-22(2,3)15-8-10-16(11-9-15)27-13-19-25-26-20(23-24-21(26)29-19)18-12-14-6-4-5-7-17(14)28-18/h4-12H,13H2,1-3H3. The molecule has 7 heteroatoms. The Morgan fingerprint density at radius 2 is 1.83 bits per heavy atom. The summed E-state index contributed by atoms with van der Waals surface area (Å²) in [6.45, 7) is 6.97. The van der Waals surface area contributed by atoms with Gasteiger partial charge in [0.25, 0.3) is 0 Å². The molecule has 5 aromatic rings. The van der Waals surface area contributed by atoms with Gasteiger partial charge in [-0.2, -0.15) is 9.61 Å². The average molecular weight is 404 g/mol. The van der Waals surface area contributed by atoms with Crippen molar-refractivity contribution in [2.45, 2.75) is 32.8 Å². The van der Waals surface area contributed by atoms with Gasteiger partial charge in [0.2, 0.25) is 10.8 Å². The van der Waals surface area contributed by atoms with Crippen molar-refractivity contribution in [3.63, 3.8) is 0 Å². The van der Waals surface area contributed by atoms with Crippen LogP contribution < -0.4 is 4.74 Å². The van der Waals surface area contributed by atoms with Crippen molar-refractivity contribution >= 4 is 27.3 Å². The lowest BCUT2D eigenvalue weighted by Crippen LogP contribution is -2.10. The second-order valence-electron chi connectivity index (χ2n) is 7.93. The Kier molecular flexibility index (Phi) is 4.13. The van der Waals surface area contributed by atoms with E-state index in [0.29, 0.717) is 23.2 Å². The summed E-state index contributed by atoms with van der Waals surface area (Å²) < 4.78 is 13.5. The molecule has 146 valence electrons. The monoisotopic (exact) mass is 404 g/mol. The predicted molar refractivity (Wildman–Crippen MR) is 113 cm³/mol. The van der Waals surface area contributed by atoms with E-state index in [4.69, 9.17) is 9.15 Å². The fourth-order valence-corrected chi connectivity index (χ4v) is 3.90. The highest BCUT2D eigenvalue weighted by atomic mass is 32.1. The van der Waals surface area contributed by atoms with Gasteiger partial charge in [0, 0.05) is 5.39 Å². The van der Waals surface area contributed by atoms with Gasteiger partial charge in [-0.05, 0) is 35.2 Å². The fraction of sp³-hybridized carbons (Fsp3) is 0.227. The van der Waals surface area contributed by atoms with E-state index >= 15 is 0 Å². The minimum Gasteiger partial charge on any atom is -0.486 e. The van der Waals surface area contributed by atoms with Crippen LogP contribution >= 0.6 is 11.3 Å². The number of fused-ring (bicyclic) bond motifs is 2. The molecule has 3 aromatic heterocycles. The molecule has 0 saturated heterocycles. The Hall–Kier alpha value is -3.19. The summed E-state index contributed by atoms with van der Waals surface area (Å²) >= 11 is 1.46. The molecule has 0 aliphatic rings. The third-order valence-corrected chi connectivity index (χ3v) is 5.63. The summed E-state index contributed by atoms with van der Waals surface area (Å²) in [5.41, 5.74) is 2.22. The Bertz CT molecular complexity index is 1260. The third kappa shape index (κ3) is 3.38. The first kappa shape index (κ1) is 17.9. The van der Waals surface area contributed by atoms with Crippen LogP contribution in [0.15, 0.2) is 59.0 Å². The van der Waals surface area contributed by atoms with Crippen molar-refractivity contribution in [1.82, 2.24) is 19.8 Å². The molecule has 0 saturated carbocycles. The molecule has 0 spiro atoms. The van der Waals surface area contributed by atoms with Gasteiger partial charge < -0.3 is 9.15 Å². The van der Waals surface area contributed by atoms with E-state index in [9.17, 15) is 0 Å². The van der Waals surface area contributed by atoms with Crippen LogP contribution in [0, 0.1) is 0 Å². The number of ether oxygens (including phenoxy) is 1. The maximum absolute atomic E-state index is 5.92. The quantitative estimate of drug-likeness (QED) is 0.397. The van der Waals surface area contributed by atoms with Crippen molar-refractivity contribution in [3.05, 3.63) is 65.2 Å². The number of rotatable bonds is 4. The second-order valence-corrected chi connectivity index (χ2v) is 8.97. The molecular formula is C22H20N4O2S. The Labute approximate surface area is 171 Å². The van der Waals surface area contributed by atoms with Crippen molar-refractivity contribution < 1.29 is 9.15 Å². The van der Waals surface area contributed by atoms with E-state index < -0.39 is 0 Å². The Morgan fingerprint density at radius 3 is 2.59 bits per heavy atom. The van der Waals surface area contributed by atoms with Gasteiger partial charge in [-0.15, -0.1) is 10.2 Å². The minimum atomic E-state index is 0.124. The van der Waals surface area contributed by atoms with E-state index in [-0.39, 0.29) is 5.41 Å². The maximum atomic E-state index is 5.92. The number of nitrogens with zero attached hydrogens (tertiary/aromatic N) is 4. The third-order valence-electron chi connectivity index (χ3n) is 4.76. The smallest absolute Gasteiger partial charge is 0.235 e. The largest absolute Gasteiger partial charge is 0.486 e. The molecule has 0 amide bonds. The van der Waals surface area contributed by atoms with Crippen LogP contribution in [-0.2, 0) is 12.0 Å². The molecule has 0 fully saturated rings. The molecule has 0 N–H and O–H groups in total. The highest BCUT2D eigenvalue weighted by Crippen LogP contribution is 2.28. The SMILES string of the molecule is CC(C)(C)c1ccc(OCc2nn3c(-c4cc5ccccc5o4)nnc3s2)cc1. The molecule has 2 aromatic carbocycles. The second kappa shape index (κ2) is 6.70. The molecule has 5 rings (SSSR count). The summed E-state index contributed by atoms with van der Waals surface area (Å²) in [6, 6.07) is 18.0. The highest BCUT2D eigenvalue weighted by molar-refractivity contribution is 7.16. The predicted octanol–water partition coefficient (Wildman–Crippen LogP) is 5.48. The van der Waals surface area contributed by atoms with Gasteiger partial charge in [-0.1, -0.05) is 62.4 Å². The number of para-hydroxylation sites is 1. The highest BCUT2D eigenvalue weighted by Gasteiger charge is 2.17. The van der Waals surface area contributed by atoms with Crippen LogP contribution in [0.25, 0.3) is 27.5 Å². The normalized spacial score (nSPS) is 12.1. The molecule has 6 nitrogen and oxygen atoms in total. The topological polar surface area (TPSA) is 65.5 Å². The van der Waals surface area contributed by atoms with Gasteiger partial charge in [0.1, 0.15) is 17.9 Å². The van der Waals surface area contributed by atoms with Crippen molar-refractivity contribution in [2.24, 2.45) is 0 Å². The first-order valence-electron chi connectivity index (χ1n) is 9.41. The summed E-state index contributed by atoms with van der Waals surface area (Å²) in [7, 11) is 0. The molecule has 0 bridgehead atoms. The van der Waals surface area contributed by atoms with E-state index in [1.165, 1.54) is 16.9 Å².